The highest BCUT2D eigenvalue weighted by Crippen LogP contribution is 2.12. The Hall–Kier alpha value is -0.0800. The summed E-state index contributed by atoms with van der Waals surface area (Å²) < 4.78 is 5.52. The first-order valence-corrected chi connectivity index (χ1v) is 5.54. The van der Waals surface area contributed by atoms with E-state index in [2.05, 4.69) is 13.8 Å². The topological polar surface area (TPSA) is 35.2 Å². The molecule has 0 aliphatic carbocycles. The fourth-order valence-corrected chi connectivity index (χ4v) is 1.32. The Bertz CT molecular complexity index is 104. The summed E-state index contributed by atoms with van der Waals surface area (Å²) in [7, 11) is 0. The molecule has 80 valence electrons. The summed E-state index contributed by atoms with van der Waals surface area (Å²) in [6, 6.07) is 0.170. The van der Waals surface area contributed by atoms with Gasteiger partial charge in [0.2, 0.25) is 0 Å². The minimum atomic E-state index is 0.170. The molecule has 2 nitrogen and oxygen atoms in total. The van der Waals surface area contributed by atoms with Crippen LogP contribution < -0.4 is 5.73 Å². The highest BCUT2D eigenvalue weighted by Gasteiger charge is 2.05. The third-order valence-corrected chi connectivity index (χ3v) is 2.28. The molecule has 0 aliphatic rings. The van der Waals surface area contributed by atoms with Crippen molar-refractivity contribution in [2.45, 2.75) is 52.5 Å². The highest BCUT2D eigenvalue weighted by atomic mass is 16.5. The molecule has 1 unspecified atom stereocenters. The third-order valence-electron chi connectivity index (χ3n) is 2.28. The second kappa shape index (κ2) is 8.52. The van der Waals surface area contributed by atoms with Gasteiger partial charge < -0.3 is 10.5 Å². The maximum absolute atomic E-state index is 5.60. The Kier molecular flexibility index (Phi) is 8.46. The molecule has 0 amide bonds. The van der Waals surface area contributed by atoms with Crippen molar-refractivity contribution < 1.29 is 4.74 Å². The summed E-state index contributed by atoms with van der Waals surface area (Å²) in [6.45, 7) is 8.03. The zero-order valence-electron chi connectivity index (χ0n) is 9.38. The summed E-state index contributed by atoms with van der Waals surface area (Å²) in [5.41, 5.74) is 5.60. The number of ether oxygens (including phenoxy) is 1. The lowest BCUT2D eigenvalue weighted by Crippen LogP contribution is -2.23. The largest absolute Gasteiger partial charge is 0.380 e. The van der Waals surface area contributed by atoms with Gasteiger partial charge in [-0.15, -0.1) is 0 Å². The van der Waals surface area contributed by atoms with Gasteiger partial charge in [-0.1, -0.05) is 33.1 Å². The lowest BCUT2D eigenvalue weighted by molar-refractivity contribution is 0.0866. The summed E-state index contributed by atoms with van der Waals surface area (Å²) in [5, 5.41) is 0. The first-order chi connectivity index (χ1) is 6.20. The van der Waals surface area contributed by atoms with Crippen LogP contribution in [0.1, 0.15) is 46.5 Å². The van der Waals surface area contributed by atoms with E-state index in [1.807, 2.05) is 6.92 Å². The quantitative estimate of drug-likeness (QED) is 0.634. The molecule has 0 aromatic carbocycles. The van der Waals surface area contributed by atoms with Gasteiger partial charge in [0.05, 0.1) is 6.61 Å². The number of hydrogen-bond acceptors (Lipinski definition) is 2. The minimum absolute atomic E-state index is 0.170. The van der Waals surface area contributed by atoms with Gasteiger partial charge in [0.15, 0.2) is 0 Å². The van der Waals surface area contributed by atoms with Crippen LogP contribution in [0.15, 0.2) is 0 Å². The molecule has 2 heteroatoms. The molecule has 2 atom stereocenters. The third kappa shape index (κ3) is 8.26. The summed E-state index contributed by atoms with van der Waals surface area (Å²) in [6.07, 6.45) is 5.12. The van der Waals surface area contributed by atoms with Gasteiger partial charge in [0.1, 0.15) is 0 Å². The van der Waals surface area contributed by atoms with E-state index in [9.17, 15) is 0 Å². The molecule has 0 rings (SSSR count). The monoisotopic (exact) mass is 187 g/mol. The number of unbranched alkanes of at least 4 members (excludes halogenated alkanes) is 1. The molecule has 0 fully saturated rings. The van der Waals surface area contributed by atoms with Crippen molar-refractivity contribution in [3.63, 3.8) is 0 Å². The molecule has 0 saturated heterocycles. The van der Waals surface area contributed by atoms with Crippen LogP contribution in [-0.2, 0) is 4.74 Å². The van der Waals surface area contributed by atoms with E-state index in [-0.39, 0.29) is 6.04 Å². The van der Waals surface area contributed by atoms with Crippen molar-refractivity contribution in [2.24, 2.45) is 11.7 Å². The van der Waals surface area contributed by atoms with Gasteiger partial charge in [-0.3, -0.25) is 0 Å². The molecule has 0 aromatic heterocycles. The van der Waals surface area contributed by atoms with E-state index < -0.39 is 0 Å². The average Bonchev–Trinajstić information content (AvgIpc) is 2.10. The van der Waals surface area contributed by atoms with Crippen molar-refractivity contribution in [3.8, 4) is 0 Å². The molecule has 2 N–H and O–H groups in total. The Morgan fingerprint density at radius 1 is 1.23 bits per heavy atom. The molecular formula is C11H25NO. The smallest absolute Gasteiger partial charge is 0.0614 e. The SMILES string of the molecule is CCCCC(CC)COC[C@H](C)N. The van der Waals surface area contributed by atoms with Gasteiger partial charge in [0, 0.05) is 12.6 Å². The van der Waals surface area contributed by atoms with Crippen LogP contribution in [-0.4, -0.2) is 19.3 Å². The molecule has 0 aromatic rings. The fraction of sp³-hybridized carbons (Fsp3) is 1.00. The Morgan fingerprint density at radius 2 is 1.92 bits per heavy atom. The Labute approximate surface area is 82.8 Å². The van der Waals surface area contributed by atoms with Crippen molar-refractivity contribution in [1.29, 1.82) is 0 Å². The van der Waals surface area contributed by atoms with Crippen LogP contribution in [0.25, 0.3) is 0 Å². The van der Waals surface area contributed by atoms with E-state index >= 15 is 0 Å². The predicted molar refractivity (Wildman–Crippen MR) is 57.8 cm³/mol. The number of hydrogen-bond donors (Lipinski definition) is 1. The first-order valence-electron chi connectivity index (χ1n) is 5.54. The molecule has 0 spiro atoms. The van der Waals surface area contributed by atoms with Gasteiger partial charge in [-0.05, 0) is 19.3 Å². The summed E-state index contributed by atoms with van der Waals surface area (Å²) in [5.74, 6) is 0.735. The van der Waals surface area contributed by atoms with Crippen LogP contribution >= 0.6 is 0 Å². The van der Waals surface area contributed by atoms with E-state index in [1.165, 1.54) is 25.7 Å². The Morgan fingerprint density at radius 3 is 2.38 bits per heavy atom. The molecule has 13 heavy (non-hydrogen) atoms. The summed E-state index contributed by atoms with van der Waals surface area (Å²) >= 11 is 0. The average molecular weight is 187 g/mol. The molecular weight excluding hydrogens is 162 g/mol. The van der Waals surface area contributed by atoms with E-state index in [4.69, 9.17) is 10.5 Å². The van der Waals surface area contributed by atoms with Crippen LogP contribution in [0.2, 0.25) is 0 Å². The van der Waals surface area contributed by atoms with Crippen molar-refractivity contribution >= 4 is 0 Å². The molecule has 0 radical (unpaired) electrons. The fourth-order valence-electron chi connectivity index (χ4n) is 1.32. The highest BCUT2D eigenvalue weighted by molar-refractivity contribution is 4.57. The van der Waals surface area contributed by atoms with Crippen LogP contribution in [0.4, 0.5) is 0 Å². The normalized spacial score (nSPS) is 15.7. The van der Waals surface area contributed by atoms with Crippen LogP contribution in [0, 0.1) is 5.92 Å². The van der Waals surface area contributed by atoms with E-state index in [0.717, 1.165) is 12.5 Å². The van der Waals surface area contributed by atoms with Crippen molar-refractivity contribution in [3.05, 3.63) is 0 Å². The Balaban J connectivity index is 3.36. The first kappa shape index (κ1) is 12.9. The lowest BCUT2D eigenvalue weighted by Gasteiger charge is -2.15. The maximum atomic E-state index is 5.60. The second-order valence-corrected chi connectivity index (χ2v) is 3.93. The zero-order valence-corrected chi connectivity index (χ0v) is 9.38. The summed E-state index contributed by atoms with van der Waals surface area (Å²) in [4.78, 5) is 0. The lowest BCUT2D eigenvalue weighted by atomic mass is 10.0. The minimum Gasteiger partial charge on any atom is -0.380 e. The zero-order chi connectivity index (χ0) is 10.1. The van der Waals surface area contributed by atoms with Crippen molar-refractivity contribution in [2.75, 3.05) is 13.2 Å². The molecule has 0 heterocycles. The molecule has 0 bridgehead atoms. The van der Waals surface area contributed by atoms with Crippen LogP contribution in [0.3, 0.4) is 0 Å². The molecule has 0 saturated carbocycles. The van der Waals surface area contributed by atoms with E-state index in [0.29, 0.717) is 6.61 Å². The van der Waals surface area contributed by atoms with Gasteiger partial charge in [0.25, 0.3) is 0 Å². The molecule has 0 aliphatic heterocycles. The standard InChI is InChI=1S/C11H25NO/c1-4-6-7-11(5-2)9-13-8-10(3)12/h10-11H,4-9,12H2,1-3H3/t10-,11?/m0/s1. The maximum Gasteiger partial charge on any atom is 0.0614 e. The number of nitrogens with two attached hydrogens (primary N) is 1. The van der Waals surface area contributed by atoms with Gasteiger partial charge in [-0.25, -0.2) is 0 Å². The van der Waals surface area contributed by atoms with Gasteiger partial charge >= 0.3 is 0 Å². The number of rotatable bonds is 8. The second-order valence-electron chi connectivity index (χ2n) is 3.93. The van der Waals surface area contributed by atoms with Crippen LogP contribution in [0.5, 0.6) is 0 Å². The van der Waals surface area contributed by atoms with Gasteiger partial charge in [-0.2, -0.15) is 0 Å². The predicted octanol–water partition coefficient (Wildman–Crippen LogP) is 2.57. The van der Waals surface area contributed by atoms with E-state index in [1.54, 1.807) is 0 Å². The van der Waals surface area contributed by atoms with Crippen molar-refractivity contribution in [1.82, 2.24) is 0 Å².